The molecule has 0 aliphatic heterocycles. The third-order valence-electron chi connectivity index (χ3n) is 1.71. The summed E-state index contributed by atoms with van der Waals surface area (Å²) in [5.74, 6) is 0.250. The van der Waals surface area contributed by atoms with E-state index in [0.29, 0.717) is 12.2 Å². The Bertz CT molecular complexity index is 272. The fourth-order valence-corrected chi connectivity index (χ4v) is 1.01. The molecule has 0 saturated heterocycles. The van der Waals surface area contributed by atoms with Gasteiger partial charge in [0, 0.05) is 0 Å². The Hall–Kier alpha value is -1.51. The standard InChI is InChI=1S/C10H13NO2/c1-2-9(10(11)12)13-8-6-4-3-5-7-8/h3-7,9H,2H2,1H3,(H2,11,12)/t9-/m1/s1. The van der Waals surface area contributed by atoms with Gasteiger partial charge in [-0.1, -0.05) is 25.1 Å². The fraction of sp³-hybridized carbons (Fsp3) is 0.300. The molecule has 0 aromatic heterocycles. The normalized spacial score (nSPS) is 12.1. The highest BCUT2D eigenvalue weighted by atomic mass is 16.5. The second-order valence-corrected chi connectivity index (χ2v) is 2.73. The van der Waals surface area contributed by atoms with Gasteiger partial charge < -0.3 is 10.5 Å². The SMILES string of the molecule is CC[C@@H](Oc1ccccc1)C(N)=O. The maximum Gasteiger partial charge on any atom is 0.258 e. The summed E-state index contributed by atoms with van der Waals surface area (Å²) in [7, 11) is 0. The molecule has 0 aliphatic rings. The van der Waals surface area contributed by atoms with Crippen molar-refractivity contribution in [2.45, 2.75) is 19.4 Å². The van der Waals surface area contributed by atoms with Crippen LogP contribution in [-0.4, -0.2) is 12.0 Å². The number of hydrogen-bond acceptors (Lipinski definition) is 2. The number of benzene rings is 1. The highest BCUT2D eigenvalue weighted by Gasteiger charge is 2.13. The number of hydrogen-bond donors (Lipinski definition) is 1. The van der Waals surface area contributed by atoms with Gasteiger partial charge in [-0.15, -0.1) is 0 Å². The van der Waals surface area contributed by atoms with Crippen LogP contribution in [0.1, 0.15) is 13.3 Å². The summed E-state index contributed by atoms with van der Waals surface area (Å²) in [5.41, 5.74) is 5.13. The van der Waals surface area contributed by atoms with Crippen LogP contribution in [-0.2, 0) is 4.79 Å². The summed E-state index contributed by atoms with van der Waals surface area (Å²) in [6.07, 6.45) is 0.0620. The van der Waals surface area contributed by atoms with Gasteiger partial charge in [0.25, 0.3) is 5.91 Å². The molecule has 0 bridgehead atoms. The van der Waals surface area contributed by atoms with Crippen molar-refractivity contribution in [3.05, 3.63) is 30.3 Å². The van der Waals surface area contributed by atoms with Gasteiger partial charge in [-0.05, 0) is 18.6 Å². The van der Waals surface area contributed by atoms with E-state index in [9.17, 15) is 4.79 Å². The minimum absolute atomic E-state index is 0.425. The van der Waals surface area contributed by atoms with E-state index in [4.69, 9.17) is 10.5 Å². The monoisotopic (exact) mass is 179 g/mol. The Kier molecular flexibility index (Phi) is 3.31. The number of ether oxygens (including phenoxy) is 1. The second-order valence-electron chi connectivity index (χ2n) is 2.73. The number of primary amides is 1. The third-order valence-corrected chi connectivity index (χ3v) is 1.71. The number of amides is 1. The first-order chi connectivity index (χ1) is 6.24. The molecule has 3 heteroatoms. The lowest BCUT2D eigenvalue weighted by Gasteiger charge is -2.13. The van der Waals surface area contributed by atoms with Crippen LogP contribution in [0.25, 0.3) is 0 Å². The lowest BCUT2D eigenvalue weighted by Crippen LogP contribution is -2.32. The molecular weight excluding hydrogens is 166 g/mol. The van der Waals surface area contributed by atoms with E-state index < -0.39 is 12.0 Å². The molecule has 70 valence electrons. The predicted molar refractivity (Wildman–Crippen MR) is 50.3 cm³/mol. The highest BCUT2D eigenvalue weighted by molar-refractivity contribution is 5.79. The van der Waals surface area contributed by atoms with Crippen LogP contribution in [0.4, 0.5) is 0 Å². The van der Waals surface area contributed by atoms with Gasteiger partial charge in [0.2, 0.25) is 0 Å². The number of rotatable bonds is 4. The molecule has 1 rings (SSSR count). The van der Waals surface area contributed by atoms with Crippen LogP contribution in [0.5, 0.6) is 5.75 Å². The zero-order chi connectivity index (χ0) is 9.68. The van der Waals surface area contributed by atoms with Gasteiger partial charge in [-0.2, -0.15) is 0 Å². The van der Waals surface area contributed by atoms with E-state index in [2.05, 4.69) is 0 Å². The summed E-state index contributed by atoms with van der Waals surface area (Å²) < 4.78 is 5.35. The minimum Gasteiger partial charge on any atom is -0.481 e. The second kappa shape index (κ2) is 4.50. The zero-order valence-corrected chi connectivity index (χ0v) is 7.57. The first-order valence-corrected chi connectivity index (χ1v) is 4.25. The average Bonchev–Trinajstić information content (AvgIpc) is 2.15. The molecule has 0 unspecified atom stereocenters. The minimum atomic E-state index is -0.526. The Labute approximate surface area is 77.5 Å². The maximum absolute atomic E-state index is 10.8. The number of nitrogens with two attached hydrogens (primary N) is 1. The molecule has 1 amide bonds. The van der Waals surface area contributed by atoms with Crippen molar-refractivity contribution in [3.63, 3.8) is 0 Å². The molecule has 0 fully saturated rings. The molecule has 0 saturated carbocycles. The van der Waals surface area contributed by atoms with Crippen molar-refractivity contribution in [3.8, 4) is 5.75 Å². The smallest absolute Gasteiger partial charge is 0.258 e. The summed E-state index contributed by atoms with van der Waals surface area (Å²) >= 11 is 0. The molecule has 0 radical (unpaired) electrons. The van der Waals surface area contributed by atoms with Crippen LogP contribution in [0, 0.1) is 0 Å². The summed E-state index contributed by atoms with van der Waals surface area (Å²) in [5, 5.41) is 0. The van der Waals surface area contributed by atoms with Crippen LogP contribution in [0.2, 0.25) is 0 Å². The lowest BCUT2D eigenvalue weighted by molar-refractivity contribution is -0.124. The van der Waals surface area contributed by atoms with Crippen molar-refractivity contribution < 1.29 is 9.53 Å². The number of carbonyl (C=O) groups is 1. The van der Waals surface area contributed by atoms with E-state index in [1.165, 1.54) is 0 Å². The summed E-state index contributed by atoms with van der Waals surface area (Å²) in [4.78, 5) is 10.8. The van der Waals surface area contributed by atoms with Crippen LogP contribution in [0.15, 0.2) is 30.3 Å². The molecule has 2 N–H and O–H groups in total. The van der Waals surface area contributed by atoms with E-state index in [1.54, 1.807) is 12.1 Å². The first-order valence-electron chi connectivity index (χ1n) is 4.25. The van der Waals surface area contributed by atoms with Crippen molar-refractivity contribution in [1.82, 2.24) is 0 Å². The Morgan fingerprint density at radius 3 is 2.54 bits per heavy atom. The van der Waals surface area contributed by atoms with Gasteiger partial charge >= 0.3 is 0 Å². The van der Waals surface area contributed by atoms with E-state index in [1.807, 2.05) is 25.1 Å². The van der Waals surface area contributed by atoms with E-state index in [-0.39, 0.29) is 0 Å². The van der Waals surface area contributed by atoms with Gasteiger partial charge in [-0.3, -0.25) is 4.79 Å². The van der Waals surface area contributed by atoms with Crippen molar-refractivity contribution in [2.24, 2.45) is 5.73 Å². The molecule has 3 nitrogen and oxygen atoms in total. The zero-order valence-electron chi connectivity index (χ0n) is 7.57. The molecule has 1 aromatic carbocycles. The Morgan fingerprint density at radius 2 is 2.08 bits per heavy atom. The highest BCUT2D eigenvalue weighted by Crippen LogP contribution is 2.11. The molecule has 13 heavy (non-hydrogen) atoms. The first kappa shape index (κ1) is 9.58. The molecular formula is C10H13NO2. The maximum atomic E-state index is 10.8. The fourth-order valence-electron chi connectivity index (χ4n) is 1.01. The topological polar surface area (TPSA) is 52.3 Å². The van der Waals surface area contributed by atoms with Crippen LogP contribution in [0.3, 0.4) is 0 Å². The van der Waals surface area contributed by atoms with E-state index in [0.717, 1.165) is 0 Å². The average molecular weight is 179 g/mol. The molecule has 0 heterocycles. The van der Waals surface area contributed by atoms with Crippen LogP contribution < -0.4 is 10.5 Å². The number of para-hydroxylation sites is 1. The van der Waals surface area contributed by atoms with Crippen molar-refractivity contribution >= 4 is 5.91 Å². The van der Waals surface area contributed by atoms with Crippen LogP contribution >= 0.6 is 0 Å². The molecule has 0 aliphatic carbocycles. The molecule has 1 atom stereocenters. The lowest BCUT2D eigenvalue weighted by atomic mass is 10.2. The van der Waals surface area contributed by atoms with E-state index >= 15 is 0 Å². The number of carbonyl (C=O) groups excluding carboxylic acids is 1. The van der Waals surface area contributed by atoms with Gasteiger partial charge in [-0.25, -0.2) is 0 Å². The summed E-state index contributed by atoms with van der Waals surface area (Å²) in [6.45, 7) is 1.86. The Balaban J connectivity index is 2.62. The third kappa shape index (κ3) is 2.78. The van der Waals surface area contributed by atoms with Gasteiger partial charge in [0.1, 0.15) is 5.75 Å². The van der Waals surface area contributed by atoms with Gasteiger partial charge in [0.05, 0.1) is 0 Å². The molecule has 0 spiro atoms. The quantitative estimate of drug-likeness (QED) is 0.758. The molecule has 1 aromatic rings. The summed E-state index contributed by atoms with van der Waals surface area (Å²) in [6, 6.07) is 9.18. The van der Waals surface area contributed by atoms with Crippen molar-refractivity contribution in [2.75, 3.05) is 0 Å². The predicted octanol–water partition coefficient (Wildman–Crippen LogP) is 1.33. The Morgan fingerprint density at radius 1 is 1.46 bits per heavy atom. The van der Waals surface area contributed by atoms with Crippen molar-refractivity contribution in [1.29, 1.82) is 0 Å². The largest absolute Gasteiger partial charge is 0.481 e. The van der Waals surface area contributed by atoms with Gasteiger partial charge in [0.15, 0.2) is 6.10 Å².